The van der Waals surface area contributed by atoms with E-state index in [9.17, 15) is 0 Å². The zero-order chi connectivity index (χ0) is 6.24. The molecule has 0 aliphatic carbocycles. The number of aliphatic imine (C=N–C) groups is 1. The standard InChI is InChI=1S/C6H10N2/c1-2-5-8-6-3-4-7/h5H,2-3,6H2,1H3/b8-5+. The summed E-state index contributed by atoms with van der Waals surface area (Å²) in [6.07, 6.45) is 3.33. The Balaban J connectivity index is 2.94. The second-order valence-corrected chi connectivity index (χ2v) is 1.41. The van der Waals surface area contributed by atoms with Crippen LogP contribution in [0.4, 0.5) is 0 Å². The van der Waals surface area contributed by atoms with Crippen LogP contribution < -0.4 is 0 Å². The normalized spacial score (nSPS) is 9.50. The predicted octanol–water partition coefficient (Wildman–Crippen LogP) is 1.38. The predicted molar refractivity (Wildman–Crippen MR) is 33.9 cm³/mol. The molecular weight excluding hydrogens is 100 g/mol. The second-order valence-electron chi connectivity index (χ2n) is 1.41. The van der Waals surface area contributed by atoms with Gasteiger partial charge in [-0.25, -0.2) is 0 Å². The van der Waals surface area contributed by atoms with Crippen LogP contribution in [0.1, 0.15) is 19.8 Å². The molecule has 0 aliphatic rings. The average Bonchev–Trinajstić information content (AvgIpc) is 1.81. The molecular formula is C6H10N2. The van der Waals surface area contributed by atoms with Gasteiger partial charge in [-0.1, -0.05) is 6.92 Å². The minimum atomic E-state index is 0.538. The Labute approximate surface area is 49.9 Å². The lowest BCUT2D eigenvalue weighted by Gasteiger charge is -1.79. The molecule has 0 spiro atoms. The fraction of sp³-hybridized carbons (Fsp3) is 0.667. The Bertz CT molecular complexity index is 99.6. The van der Waals surface area contributed by atoms with Crippen LogP contribution in [0.25, 0.3) is 0 Å². The van der Waals surface area contributed by atoms with Crippen LogP contribution in [0.3, 0.4) is 0 Å². The maximum atomic E-state index is 8.04. The molecule has 44 valence electrons. The number of nitriles is 1. The third kappa shape index (κ3) is 5.16. The van der Waals surface area contributed by atoms with Crippen molar-refractivity contribution in [3.05, 3.63) is 0 Å². The van der Waals surface area contributed by atoms with Crippen molar-refractivity contribution in [3.63, 3.8) is 0 Å². The highest BCUT2D eigenvalue weighted by Crippen LogP contribution is 1.76. The Morgan fingerprint density at radius 1 is 1.75 bits per heavy atom. The zero-order valence-corrected chi connectivity index (χ0v) is 5.09. The zero-order valence-electron chi connectivity index (χ0n) is 5.09. The second kappa shape index (κ2) is 6.16. The lowest BCUT2D eigenvalue weighted by atomic mass is 10.5. The molecule has 0 aromatic heterocycles. The maximum absolute atomic E-state index is 8.04. The topological polar surface area (TPSA) is 36.1 Å². The van der Waals surface area contributed by atoms with Gasteiger partial charge in [-0.3, -0.25) is 4.99 Å². The summed E-state index contributed by atoms with van der Waals surface area (Å²) in [7, 11) is 0. The van der Waals surface area contributed by atoms with E-state index < -0.39 is 0 Å². The van der Waals surface area contributed by atoms with Crippen LogP contribution in [0, 0.1) is 11.3 Å². The van der Waals surface area contributed by atoms with Gasteiger partial charge in [-0.2, -0.15) is 5.26 Å². The molecule has 0 heterocycles. The van der Waals surface area contributed by atoms with E-state index in [1.54, 1.807) is 0 Å². The van der Waals surface area contributed by atoms with Crippen molar-refractivity contribution < 1.29 is 0 Å². The molecule has 0 saturated heterocycles. The van der Waals surface area contributed by atoms with Crippen molar-refractivity contribution in [2.45, 2.75) is 19.8 Å². The SMILES string of the molecule is CC/C=N/CCC#N. The molecule has 2 nitrogen and oxygen atoms in total. The van der Waals surface area contributed by atoms with E-state index in [-0.39, 0.29) is 0 Å². The van der Waals surface area contributed by atoms with Crippen molar-refractivity contribution in [2.75, 3.05) is 6.54 Å². The van der Waals surface area contributed by atoms with Gasteiger partial charge in [0.1, 0.15) is 0 Å². The van der Waals surface area contributed by atoms with E-state index in [0.29, 0.717) is 13.0 Å². The Morgan fingerprint density at radius 3 is 3.00 bits per heavy atom. The quantitative estimate of drug-likeness (QED) is 0.399. The van der Waals surface area contributed by atoms with E-state index in [1.807, 2.05) is 19.2 Å². The molecule has 0 bridgehead atoms. The summed E-state index contributed by atoms with van der Waals surface area (Å²) < 4.78 is 0. The summed E-state index contributed by atoms with van der Waals surface area (Å²) in [5.74, 6) is 0. The van der Waals surface area contributed by atoms with Gasteiger partial charge in [-0.15, -0.1) is 0 Å². The fourth-order valence-electron chi connectivity index (χ4n) is 0.335. The lowest BCUT2D eigenvalue weighted by Crippen LogP contribution is -1.76. The van der Waals surface area contributed by atoms with Crippen LogP contribution in [0.2, 0.25) is 0 Å². The molecule has 2 heteroatoms. The van der Waals surface area contributed by atoms with Crippen molar-refractivity contribution in [2.24, 2.45) is 4.99 Å². The molecule has 0 radical (unpaired) electrons. The summed E-state index contributed by atoms with van der Waals surface area (Å²) in [6.45, 7) is 2.68. The highest BCUT2D eigenvalue weighted by atomic mass is 14.7. The van der Waals surface area contributed by atoms with E-state index in [4.69, 9.17) is 5.26 Å². The molecule has 0 N–H and O–H groups in total. The van der Waals surface area contributed by atoms with Gasteiger partial charge < -0.3 is 0 Å². The van der Waals surface area contributed by atoms with Crippen LogP contribution in [-0.4, -0.2) is 12.8 Å². The first kappa shape index (κ1) is 7.16. The van der Waals surface area contributed by atoms with Crippen molar-refractivity contribution >= 4 is 6.21 Å². The van der Waals surface area contributed by atoms with Crippen LogP contribution >= 0.6 is 0 Å². The Kier molecular flexibility index (Phi) is 5.51. The van der Waals surface area contributed by atoms with E-state index in [0.717, 1.165) is 6.42 Å². The highest BCUT2D eigenvalue weighted by molar-refractivity contribution is 5.56. The molecule has 8 heavy (non-hydrogen) atoms. The lowest BCUT2D eigenvalue weighted by molar-refractivity contribution is 1.01. The van der Waals surface area contributed by atoms with Gasteiger partial charge in [-0.05, 0) is 12.6 Å². The molecule has 0 rings (SSSR count). The smallest absolute Gasteiger partial charge is 0.0641 e. The first-order chi connectivity index (χ1) is 3.91. The molecule has 0 aromatic rings. The number of nitrogens with zero attached hydrogens (tertiary/aromatic N) is 2. The monoisotopic (exact) mass is 110 g/mol. The van der Waals surface area contributed by atoms with Crippen LogP contribution in [-0.2, 0) is 0 Å². The van der Waals surface area contributed by atoms with E-state index in [1.165, 1.54) is 0 Å². The van der Waals surface area contributed by atoms with Gasteiger partial charge >= 0.3 is 0 Å². The van der Waals surface area contributed by atoms with Gasteiger partial charge in [0.25, 0.3) is 0 Å². The fourth-order valence-corrected chi connectivity index (χ4v) is 0.335. The number of rotatable bonds is 3. The molecule has 0 saturated carbocycles. The average molecular weight is 110 g/mol. The summed E-state index contributed by atoms with van der Waals surface area (Å²) in [4.78, 5) is 3.93. The van der Waals surface area contributed by atoms with Gasteiger partial charge in [0.15, 0.2) is 0 Å². The molecule has 0 aliphatic heterocycles. The molecule has 0 aromatic carbocycles. The van der Waals surface area contributed by atoms with Gasteiger partial charge in [0, 0.05) is 0 Å². The largest absolute Gasteiger partial charge is 0.296 e. The molecule has 0 amide bonds. The molecule has 0 unspecified atom stereocenters. The third-order valence-corrected chi connectivity index (χ3v) is 0.664. The summed E-state index contributed by atoms with van der Waals surface area (Å²) >= 11 is 0. The van der Waals surface area contributed by atoms with E-state index >= 15 is 0 Å². The van der Waals surface area contributed by atoms with Crippen molar-refractivity contribution in [3.8, 4) is 6.07 Å². The minimum Gasteiger partial charge on any atom is -0.296 e. The van der Waals surface area contributed by atoms with Crippen molar-refractivity contribution in [1.29, 1.82) is 5.26 Å². The van der Waals surface area contributed by atoms with Crippen LogP contribution in [0.5, 0.6) is 0 Å². The summed E-state index contributed by atoms with van der Waals surface area (Å²) in [5.41, 5.74) is 0. The number of hydrogen-bond acceptors (Lipinski definition) is 2. The summed E-state index contributed by atoms with van der Waals surface area (Å²) in [5, 5.41) is 8.04. The highest BCUT2D eigenvalue weighted by Gasteiger charge is 1.73. The third-order valence-electron chi connectivity index (χ3n) is 0.664. The number of hydrogen-bond donors (Lipinski definition) is 0. The first-order valence-electron chi connectivity index (χ1n) is 2.77. The van der Waals surface area contributed by atoms with Gasteiger partial charge in [0.2, 0.25) is 0 Å². The van der Waals surface area contributed by atoms with Gasteiger partial charge in [0.05, 0.1) is 19.0 Å². The van der Waals surface area contributed by atoms with Crippen LogP contribution in [0.15, 0.2) is 4.99 Å². The molecule has 0 fully saturated rings. The molecule has 0 atom stereocenters. The van der Waals surface area contributed by atoms with E-state index in [2.05, 4.69) is 4.99 Å². The minimum absolute atomic E-state index is 0.538. The Hall–Kier alpha value is -0.840. The first-order valence-corrected chi connectivity index (χ1v) is 2.77. The maximum Gasteiger partial charge on any atom is 0.0641 e. The van der Waals surface area contributed by atoms with Crippen molar-refractivity contribution in [1.82, 2.24) is 0 Å². The Morgan fingerprint density at radius 2 is 2.50 bits per heavy atom. The summed E-state index contributed by atoms with van der Waals surface area (Å²) in [6, 6.07) is 2.01.